The summed E-state index contributed by atoms with van der Waals surface area (Å²) < 4.78 is 13.1. The van der Waals surface area contributed by atoms with Crippen LogP contribution >= 0.6 is 0 Å². The van der Waals surface area contributed by atoms with E-state index in [4.69, 9.17) is 5.73 Å². The van der Waals surface area contributed by atoms with Gasteiger partial charge in [-0.25, -0.2) is 4.39 Å². The van der Waals surface area contributed by atoms with Gasteiger partial charge in [0.1, 0.15) is 5.82 Å². The van der Waals surface area contributed by atoms with Gasteiger partial charge in [-0.1, -0.05) is 26.0 Å². The van der Waals surface area contributed by atoms with Gasteiger partial charge in [0.2, 0.25) is 0 Å². The number of nitrogens with two attached hydrogens (primary N) is 1. The molecule has 0 spiro atoms. The van der Waals surface area contributed by atoms with Crippen LogP contribution in [0.15, 0.2) is 42.7 Å². The third-order valence-corrected chi connectivity index (χ3v) is 4.17. The number of benzene rings is 1. The summed E-state index contributed by atoms with van der Waals surface area (Å²) in [6, 6.07) is 8.66. The summed E-state index contributed by atoms with van der Waals surface area (Å²) in [7, 11) is 1.93. The topological polar surface area (TPSA) is 50.9 Å². The summed E-state index contributed by atoms with van der Waals surface area (Å²) in [4.78, 5) is 4.14. The van der Waals surface area contributed by atoms with E-state index >= 15 is 0 Å². The summed E-state index contributed by atoms with van der Waals surface area (Å²) in [5, 5.41) is 3.35. The molecule has 2 aromatic rings. The second kappa shape index (κ2) is 6.22. The third kappa shape index (κ3) is 3.39. The van der Waals surface area contributed by atoms with Crippen LogP contribution in [-0.4, -0.2) is 18.1 Å². The van der Waals surface area contributed by atoms with E-state index in [0.717, 1.165) is 23.2 Å². The van der Waals surface area contributed by atoms with Crippen LogP contribution in [0.25, 0.3) is 0 Å². The normalized spacial score (nSPS) is 13.1. The quantitative estimate of drug-likeness (QED) is 0.889. The number of rotatable bonds is 5. The van der Waals surface area contributed by atoms with E-state index in [2.05, 4.69) is 24.1 Å². The Bertz CT molecular complexity index is 593. The van der Waals surface area contributed by atoms with Crippen molar-refractivity contribution >= 4 is 5.69 Å². The molecule has 0 aliphatic heterocycles. The number of pyridine rings is 1. The fourth-order valence-corrected chi connectivity index (χ4v) is 2.63. The maximum absolute atomic E-state index is 13.1. The van der Waals surface area contributed by atoms with Crippen LogP contribution in [0.1, 0.15) is 25.0 Å². The first-order valence-corrected chi connectivity index (χ1v) is 7.07. The molecule has 0 amide bonds. The van der Waals surface area contributed by atoms with Crippen LogP contribution in [0, 0.1) is 5.82 Å². The number of halogens is 1. The predicted octanol–water partition coefficient (Wildman–Crippen LogP) is 2.91. The molecule has 112 valence electrons. The molecule has 0 bridgehead atoms. The van der Waals surface area contributed by atoms with Gasteiger partial charge in [0, 0.05) is 29.5 Å². The molecule has 0 aliphatic carbocycles. The maximum atomic E-state index is 13.1. The van der Waals surface area contributed by atoms with Crippen molar-refractivity contribution in [3.8, 4) is 0 Å². The molecule has 0 saturated carbocycles. The van der Waals surface area contributed by atoms with E-state index in [1.165, 1.54) is 12.1 Å². The highest BCUT2D eigenvalue weighted by atomic mass is 19.1. The third-order valence-electron chi connectivity index (χ3n) is 4.17. The van der Waals surface area contributed by atoms with E-state index in [1.54, 1.807) is 12.4 Å². The molecular formula is C17H22FN3. The fraction of sp³-hybridized carbons (Fsp3) is 0.353. The predicted molar refractivity (Wildman–Crippen MR) is 84.6 cm³/mol. The molecule has 1 aromatic heterocycles. The van der Waals surface area contributed by atoms with Crippen molar-refractivity contribution in [3.63, 3.8) is 0 Å². The molecule has 1 atom stereocenters. The zero-order chi connectivity index (χ0) is 15.5. The molecule has 4 heteroatoms. The van der Waals surface area contributed by atoms with Crippen molar-refractivity contribution < 1.29 is 4.39 Å². The van der Waals surface area contributed by atoms with Crippen LogP contribution in [0.5, 0.6) is 0 Å². The van der Waals surface area contributed by atoms with Gasteiger partial charge in [-0.15, -0.1) is 0 Å². The monoisotopic (exact) mass is 287 g/mol. The second-order valence-electron chi connectivity index (χ2n) is 5.85. The van der Waals surface area contributed by atoms with Crippen LogP contribution in [0.3, 0.4) is 0 Å². The van der Waals surface area contributed by atoms with Crippen LogP contribution in [0.2, 0.25) is 0 Å². The summed E-state index contributed by atoms with van der Waals surface area (Å²) in [5.74, 6) is -0.216. The molecule has 3 N–H and O–H groups in total. The Hall–Kier alpha value is -1.94. The van der Waals surface area contributed by atoms with Gasteiger partial charge in [0.05, 0.1) is 0 Å². The summed E-state index contributed by atoms with van der Waals surface area (Å²) in [6.07, 6.45) is 4.26. The lowest BCUT2D eigenvalue weighted by Gasteiger charge is -2.35. The number of likely N-dealkylation sites (N-methyl/N-ethyl adjacent to an activating group) is 1. The van der Waals surface area contributed by atoms with Crippen molar-refractivity contribution in [3.05, 3.63) is 59.7 Å². The number of nitrogens with one attached hydrogen (secondary N) is 1. The molecule has 1 heterocycles. The van der Waals surface area contributed by atoms with Gasteiger partial charge >= 0.3 is 0 Å². The zero-order valence-electron chi connectivity index (χ0n) is 12.7. The highest BCUT2D eigenvalue weighted by Crippen LogP contribution is 2.30. The first-order valence-electron chi connectivity index (χ1n) is 7.07. The standard InChI is InChI=1S/C17H22FN3/c1-17(2,13-4-6-14(18)7-5-13)16(20-3)10-12-11-21-9-8-15(12)19/h4-9,11,16,20H,10H2,1-3H3,(H2,19,21). The van der Waals surface area contributed by atoms with Crippen molar-refractivity contribution in [1.29, 1.82) is 0 Å². The largest absolute Gasteiger partial charge is 0.398 e. The number of nitrogens with zero attached hydrogens (tertiary/aromatic N) is 1. The first kappa shape index (κ1) is 15.4. The Morgan fingerprint density at radius 1 is 1.24 bits per heavy atom. The molecule has 2 rings (SSSR count). The average molecular weight is 287 g/mol. The van der Waals surface area contributed by atoms with Gasteiger partial charge < -0.3 is 11.1 Å². The molecular weight excluding hydrogens is 265 g/mol. The Morgan fingerprint density at radius 2 is 1.90 bits per heavy atom. The highest BCUT2D eigenvalue weighted by molar-refractivity contribution is 5.45. The SMILES string of the molecule is CNC(Cc1cnccc1N)C(C)(C)c1ccc(F)cc1. The average Bonchev–Trinajstić information content (AvgIpc) is 2.46. The molecule has 1 aromatic carbocycles. The number of anilines is 1. The first-order chi connectivity index (χ1) is 9.95. The van der Waals surface area contributed by atoms with E-state index in [0.29, 0.717) is 0 Å². The summed E-state index contributed by atoms with van der Waals surface area (Å²) in [6.45, 7) is 4.29. The van der Waals surface area contributed by atoms with E-state index < -0.39 is 0 Å². The Labute approximate surface area is 125 Å². The minimum atomic E-state index is -0.216. The molecule has 21 heavy (non-hydrogen) atoms. The van der Waals surface area contributed by atoms with Crippen molar-refractivity contribution in [2.24, 2.45) is 0 Å². The smallest absolute Gasteiger partial charge is 0.123 e. The number of nitrogen functional groups attached to an aromatic ring is 1. The van der Waals surface area contributed by atoms with Crippen molar-refractivity contribution in [2.75, 3.05) is 12.8 Å². The Morgan fingerprint density at radius 3 is 2.48 bits per heavy atom. The maximum Gasteiger partial charge on any atom is 0.123 e. The van der Waals surface area contributed by atoms with Crippen LogP contribution in [-0.2, 0) is 11.8 Å². The van der Waals surface area contributed by atoms with Gasteiger partial charge in [-0.05, 0) is 42.8 Å². The lowest BCUT2D eigenvalue weighted by atomic mass is 9.75. The minimum Gasteiger partial charge on any atom is -0.398 e. The zero-order valence-corrected chi connectivity index (χ0v) is 12.7. The molecule has 0 radical (unpaired) electrons. The number of hydrogen-bond acceptors (Lipinski definition) is 3. The lowest BCUT2D eigenvalue weighted by Crippen LogP contribution is -2.44. The van der Waals surface area contributed by atoms with E-state index in [1.807, 2.05) is 25.2 Å². The van der Waals surface area contributed by atoms with Crippen molar-refractivity contribution in [2.45, 2.75) is 31.7 Å². The Kier molecular flexibility index (Phi) is 4.58. The molecule has 0 saturated heterocycles. The fourth-order valence-electron chi connectivity index (χ4n) is 2.63. The summed E-state index contributed by atoms with van der Waals surface area (Å²) in [5.41, 5.74) is 8.71. The van der Waals surface area contributed by atoms with Gasteiger partial charge in [0.25, 0.3) is 0 Å². The van der Waals surface area contributed by atoms with Gasteiger partial charge in [-0.2, -0.15) is 0 Å². The molecule has 3 nitrogen and oxygen atoms in total. The van der Waals surface area contributed by atoms with Gasteiger partial charge in [-0.3, -0.25) is 4.98 Å². The second-order valence-corrected chi connectivity index (χ2v) is 5.85. The molecule has 0 fully saturated rings. The molecule has 0 aliphatic rings. The highest BCUT2D eigenvalue weighted by Gasteiger charge is 2.30. The number of hydrogen-bond donors (Lipinski definition) is 2. The number of aromatic nitrogens is 1. The minimum absolute atomic E-state index is 0.162. The van der Waals surface area contributed by atoms with Crippen molar-refractivity contribution in [1.82, 2.24) is 10.3 Å². The lowest BCUT2D eigenvalue weighted by molar-refractivity contribution is 0.356. The summed E-state index contributed by atoms with van der Waals surface area (Å²) >= 11 is 0. The van der Waals surface area contributed by atoms with E-state index in [-0.39, 0.29) is 17.3 Å². The van der Waals surface area contributed by atoms with Gasteiger partial charge in [0.15, 0.2) is 0 Å². The van der Waals surface area contributed by atoms with E-state index in [9.17, 15) is 4.39 Å². The Balaban J connectivity index is 2.27. The molecule has 1 unspecified atom stereocenters. The van der Waals surface area contributed by atoms with Crippen LogP contribution in [0.4, 0.5) is 10.1 Å². The van der Waals surface area contributed by atoms with Crippen LogP contribution < -0.4 is 11.1 Å².